The van der Waals surface area contributed by atoms with Crippen molar-refractivity contribution in [3.05, 3.63) is 29.6 Å². The van der Waals surface area contributed by atoms with Gasteiger partial charge in [-0.1, -0.05) is 0 Å². The van der Waals surface area contributed by atoms with Gasteiger partial charge in [0.25, 0.3) is 0 Å². The molecule has 3 aromatic heterocycles. The number of hydrogen-bond acceptors (Lipinski definition) is 6. The average Bonchev–Trinajstić information content (AvgIpc) is 3.16. The quantitative estimate of drug-likeness (QED) is 0.641. The van der Waals surface area contributed by atoms with E-state index in [1.807, 2.05) is 6.20 Å². The number of aromatic nitrogens is 1. The fourth-order valence-corrected chi connectivity index (χ4v) is 4.15. The molecule has 6 heteroatoms. The van der Waals surface area contributed by atoms with Crippen LogP contribution in [-0.4, -0.2) is 31.8 Å². The summed E-state index contributed by atoms with van der Waals surface area (Å²) in [5.41, 5.74) is 0. The van der Waals surface area contributed by atoms with Crippen molar-refractivity contribution in [2.24, 2.45) is 0 Å². The summed E-state index contributed by atoms with van der Waals surface area (Å²) in [4.78, 5) is 5.53. The van der Waals surface area contributed by atoms with Crippen molar-refractivity contribution >= 4 is 32.1 Å². The largest absolute Gasteiger partial charge is 0.440 e. The van der Waals surface area contributed by atoms with Gasteiger partial charge < -0.3 is 14.5 Å². The van der Waals surface area contributed by atoms with Crippen molar-refractivity contribution in [2.45, 2.75) is 12.8 Å². The number of nitrogens with zero attached hydrogens (tertiary/aromatic N) is 1. The zero-order valence-corrected chi connectivity index (χ0v) is 13.6. The van der Waals surface area contributed by atoms with Gasteiger partial charge in [-0.15, -0.1) is 22.7 Å². The van der Waals surface area contributed by atoms with Crippen LogP contribution in [0.25, 0.3) is 20.0 Å². The Labute approximate surface area is 131 Å². The highest BCUT2D eigenvalue weighted by Crippen LogP contribution is 2.36. The fraction of sp³-hybridized carbons (Fsp3) is 0.400. The van der Waals surface area contributed by atoms with E-state index in [2.05, 4.69) is 27.8 Å². The zero-order valence-electron chi connectivity index (χ0n) is 11.9. The summed E-state index contributed by atoms with van der Waals surface area (Å²) >= 11 is 3.52. The van der Waals surface area contributed by atoms with Crippen LogP contribution in [0.1, 0.15) is 12.3 Å². The minimum absolute atomic E-state index is 0.749. The normalized spacial score (nSPS) is 11.5. The Kier molecular flexibility index (Phi) is 5.03. The van der Waals surface area contributed by atoms with Gasteiger partial charge in [0.15, 0.2) is 11.7 Å². The molecule has 0 aromatic carbocycles. The first-order valence-electron chi connectivity index (χ1n) is 6.98. The molecule has 3 rings (SSSR count). The Morgan fingerprint density at radius 2 is 2.29 bits per heavy atom. The highest BCUT2D eigenvalue weighted by molar-refractivity contribution is 7.28. The van der Waals surface area contributed by atoms with Crippen LogP contribution in [0.2, 0.25) is 0 Å². The second-order valence-corrected chi connectivity index (χ2v) is 6.76. The van der Waals surface area contributed by atoms with E-state index in [1.165, 1.54) is 9.40 Å². The molecule has 0 amide bonds. The third-order valence-electron chi connectivity index (χ3n) is 3.16. The molecule has 3 aromatic rings. The van der Waals surface area contributed by atoms with Crippen molar-refractivity contribution in [1.82, 2.24) is 10.3 Å². The molecule has 0 saturated carbocycles. The molecule has 112 valence electrons. The maximum absolute atomic E-state index is 5.85. The van der Waals surface area contributed by atoms with Crippen LogP contribution in [0.3, 0.4) is 0 Å². The predicted molar refractivity (Wildman–Crippen MR) is 88.3 cm³/mol. The van der Waals surface area contributed by atoms with E-state index < -0.39 is 0 Å². The summed E-state index contributed by atoms with van der Waals surface area (Å²) in [6.07, 6.45) is 3.71. The van der Waals surface area contributed by atoms with Crippen LogP contribution in [0.4, 0.5) is 0 Å². The molecule has 0 aliphatic heterocycles. The molecule has 1 N–H and O–H groups in total. The number of nitrogens with one attached hydrogen (secondary N) is 1. The number of oxazole rings is 1. The Balaban J connectivity index is 1.53. The van der Waals surface area contributed by atoms with Crippen molar-refractivity contribution in [1.29, 1.82) is 0 Å². The third-order valence-corrected chi connectivity index (χ3v) is 5.27. The minimum atomic E-state index is 0.749. The molecule has 0 spiro atoms. The topological polar surface area (TPSA) is 47.3 Å². The molecular formula is C15H18N2O2S2. The lowest BCUT2D eigenvalue weighted by Crippen LogP contribution is -2.20. The molecule has 0 saturated heterocycles. The molecule has 0 fully saturated rings. The van der Waals surface area contributed by atoms with E-state index in [1.54, 1.807) is 29.8 Å². The number of thiophene rings is 2. The van der Waals surface area contributed by atoms with Crippen LogP contribution in [0.5, 0.6) is 0 Å². The van der Waals surface area contributed by atoms with E-state index in [0.29, 0.717) is 0 Å². The Morgan fingerprint density at radius 3 is 3.14 bits per heavy atom. The summed E-state index contributed by atoms with van der Waals surface area (Å²) in [6, 6.07) is 4.33. The van der Waals surface area contributed by atoms with Gasteiger partial charge in [0, 0.05) is 29.5 Å². The van der Waals surface area contributed by atoms with Crippen LogP contribution in [-0.2, 0) is 11.2 Å². The van der Waals surface area contributed by atoms with E-state index in [-0.39, 0.29) is 0 Å². The van der Waals surface area contributed by atoms with Crippen molar-refractivity contribution < 1.29 is 9.15 Å². The van der Waals surface area contributed by atoms with E-state index in [4.69, 9.17) is 9.15 Å². The summed E-state index contributed by atoms with van der Waals surface area (Å²) in [5, 5.41) is 5.44. The van der Waals surface area contributed by atoms with Crippen LogP contribution in [0.15, 0.2) is 28.1 Å². The monoisotopic (exact) mass is 322 g/mol. The maximum Gasteiger partial charge on any atom is 0.194 e. The first kappa shape index (κ1) is 14.7. The van der Waals surface area contributed by atoms with Crippen LogP contribution < -0.4 is 5.32 Å². The first-order valence-corrected chi connectivity index (χ1v) is 8.68. The molecule has 0 aliphatic rings. The number of aryl methyl sites for hydroxylation is 1. The molecule has 3 heterocycles. The standard InChI is InChI=1S/C15H18N2O2S2/c1-18-7-6-16-5-2-3-15-17-10-11(19-15)13-9-14-12(21-13)4-8-20-14/h4,8-10,16H,2-3,5-7H2,1H3. The number of methoxy groups -OCH3 is 1. The average molecular weight is 322 g/mol. The zero-order chi connectivity index (χ0) is 14.5. The number of fused-ring (bicyclic) bond motifs is 1. The molecule has 0 atom stereocenters. The van der Waals surface area contributed by atoms with Crippen LogP contribution >= 0.6 is 22.7 Å². The highest BCUT2D eigenvalue weighted by atomic mass is 32.1. The van der Waals surface area contributed by atoms with Gasteiger partial charge in [0.05, 0.1) is 17.7 Å². The van der Waals surface area contributed by atoms with E-state index in [9.17, 15) is 0 Å². The summed E-state index contributed by atoms with van der Waals surface area (Å²) < 4.78 is 13.5. The summed E-state index contributed by atoms with van der Waals surface area (Å²) in [5.74, 6) is 1.70. The van der Waals surface area contributed by atoms with Crippen LogP contribution in [0, 0.1) is 0 Å². The lowest BCUT2D eigenvalue weighted by molar-refractivity contribution is 0.199. The predicted octanol–water partition coefficient (Wildman–Crippen LogP) is 3.79. The third kappa shape index (κ3) is 3.71. The van der Waals surface area contributed by atoms with Gasteiger partial charge in [-0.05, 0) is 30.5 Å². The number of ether oxygens (including phenoxy) is 1. The maximum atomic E-state index is 5.85. The second-order valence-electron chi connectivity index (χ2n) is 4.72. The Hall–Kier alpha value is -1.21. The molecule has 4 nitrogen and oxygen atoms in total. The molecule has 0 radical (unpaired) electrons. The van der Waals surface area contributed by atoms with Crippen molar-refractivity contribution in [2.75, 3.05) is 26.8 Å². The van der Waals surface area contributed by atoms with Gasteiger partial charge in [0.2, 0.25) is 0 Å². The number of hydrogen-bond donors (Lipinski definition) is 1. The van der Waals surface area contributed by atoms with Gasteiger partial charge in [-0.3, -0.25) is 0 Å². The summed E-state index contributed by atoms with van der Waals surface area (Å²) in [6.45, 7) is 2.59. The fourth-order valence-electron chi connectivity index (χ4n) is 2.09. The molecule has 0 bridgehead atoms. The van der Waals surface area contributed by atoms with Gasteiger partial charge >= 0.3 is 0 Å². The van der Waals surface area contributed by atoms with Crippen molar-refractivity contribution in [3.63, 3.8) is 0 Å². The molecule has 21 heavy (non-hydrogen) atoms. The van der Waals surface area contributed by atoms with E-state index in [0.717, 1.165) is 49.1 Å². The lowest BCUT2D eigenvalue weighted by atomic mass is 10.3. The van der Waals surface area contributed by atoms with Gasteiger partial charge in [0.1, 0.15) is 0 Å². The molecule has 0 aliphatic carbocycles. The molecular weight excluding hydrogens is 304 g/mol. The van der Waals surface area contributed by atoms with Gasteiger partial charge in [-0.2, -0.15) is 0 Å². The Bertz CT molecular complexity index is 658. The van der Waals surface area contributed by atoms with E-state index >= 15 is 0 Å². The molecule has 0 unspecified atom stereocenters. The smallest absolute Gasteiger partial charge is 0.194 e. The van der Waals surface area contributed by atoms with Gasteiger partial charge in [-0.25, -0.2) is 4.98 Å². The Morgan fingerprint density at radius 1 is 1.33 bits per heavy atom. The minimum Gasteiger partial charge on any atom is -0.440 e. The summed E-state index contributed by atoms with van der Waals surface area (Å²) in [7, 11) is 1.71. The van der Waals surface area contributed by atoms with Crippen molar-refractivity contribution in [3.8, 4) is 10.6 Å². The lowest BCUT2D eigenvalue weighted by Gasteiger charge is -2.01. The SMILES string of the molecule is COCCNCCCc1ncc(-c2cc3sccc3s2)o1. The highest BCUT2D eigenvalue weighted by Gasteiger charge is 2.10. The number of rotatable bonds is 8. The first-order chi connectivity index (χ1) is 10.4. The second kappa shape index (κ2) is 7.17.